The van der Waals surface area contributed by atoms with Crippen molar-refractivity contribution in [3.05, 3.63) is 47.5 Å². The lowest BCUT2D eigenvalue weighted by Gasteiger charge is -2.35. The molecule has 1 aliphatic rings. The van der Waals surface area contributed by atoms with Crippen molar-refractivity contribution in [3.63, 3.8) is 0 Å². The highest BCUT2D eigenvalue weighted by Crippen LogP contribution is 2.25. The molecule has 3 heteroatoms. The van der Waals surface area contributed by atoms with E-state index in [0.29, 0.717) is 11.0 Å². The van der Waals surface area contributed by atoms with E-state index in [9.17, 15) is 4.79 Å². The molecule has 0 N–H and O–H groups in total. The Morgan fingerprint density at radius 1 is 1.23 bits per heavy atom. The van der Waals surface area contributed by atoms with E-state index in [1.54, 1.807) is 0 Å². The molecule has 1 amide bonds. The molecule has 1 heterocycles. The minimum absolute atomic E-state index is 0.109. The second kappa shape index (κ2) is 6.66. The number of ether oxygens (including phenoxy) is 1. The minimum Gasteiger partial charge on any atom is -0.414 e. The third-order valence-corrected chi connectivity index (χ3v) is 4.06. The molecule has 2 rings (SSSR count). The van der Waals surface area contributed by atoms with Gasteiger partial charge in [0.15, 0.2) is 0 Å². The number of carbonyl (C=O) groups excluding carboxylic acids is 1. The number of hydrogen-bond acceptors (Lipinski definition) is 2. The average Bonchev–Trinajstić information content (AvgIpc) is 2.61. The van der Waals surface area contributed by atoms with Crippen LogP contribution in [0, 0.1) is 0 Å². The SMILES string of the molecule is CC1=CC[N+](Cc2ccccc2)(C(=O)OC(C)(C)C)CCC1. The predicted molar refractivity (Wildman–Crippen MR) is 89.4 cm³/mol. The zero-order valence-electron chi connectivity index (χ0n) is 14.3. The second-order valence-electron chi connectivity index (χ2n) is 7.33. The molecule has 120 valence electrons. The molecule has 0 saturated heterocycles. The number of benzene rings is 1. The molecular weight excluding hydrogens is 274 g/mol. The van der Waals surface area contributed by atoms with E-state index in [2.05, 4.69) is 25.1 Å². The molecule has 1 aliphatic heterocycles. The molecule has 1 unspecified atom stereocenters. The monoisotopic (exact) mass is 302 g/mol. The maximum absolute atomic E-state index is 12.9. The van der Waals surface area contributed by atoms with Gasteiger partial charge < -0.3 is 4.74 Å². The molecule has 0 radical (unpaired) electrons. The van der Waals surface area contributed by atoms with Crippen LogP contribution in [0.3, 0.4) is 0 Å². The first-order valence-electron chi connectivity index (χ1n) is 8.10. The van der Waals surface area contributed by atoms with Crippen LogP contribution in [0.15, 0.2) is 42.0 Å². The van der Waals surface area contributed by atoms with Crippen molar-refractivity contribution >= 4 is 6.09 Å². The lowest BCUT2D eigenvalue weighted by atomic mass is 10.1. The van der Waals surface area contributed by atoms with Crippen molar-refractivity contribution in [1.82, 2.24) is 0 Å². The van der Waals surface area contributed by atoms with Gasteiger partial charge in [0.1, 0.15) is 18.7 Å². The molecular formula is C19H28NO2+. The van der Waals surface area contributed by atoms with Gasteiger partial charge in [-0.05, 0) is 40.2 Å². The third kappa shape index (κ3) is 4.44. The fraction of sp³-hybridized carbons (Fsp3) is 0.526. The van der Waals surface area contributed by atoms with Crippen LogP contribution in [0.25, 0.3) is 0 Å². The normalized spacial score (nSPS) is 22.6. The first kappa shape index (κ1) is 16.8. The fourth-order valence-electron chi connectivity index (χ4n) is 2.85. The van der Waals surface area contributed by atoms with E-state index >= 15 is 0 Å². The van der Waals surface area contributed by atoms with E-state index in [4.69, 9.17) is 4.74 Å². The Morgan fingerprint density at radius 3 is 2.55 bits per heavy atom. The average molecular weight is 302 g/mol. The van der Waals surface area contributed by atoms with Crippen LogP contribution in [0.1, 0.15) is 46.1 Å². The van der Waals surface area contributed by atoms with Crippen LogP contribution >= 0.6 is 0 Å². The summed E-state index contributed by atoms with van der Waals surface area (Å²) in [5, 5.41) is 0. The summed E-state index contributed by atoms with van der Waals surface area (Å²) in [4.78, 5) is 12.9. The summed E-state index contributed by atoms with van der Waals surface area (Å²) in [6.07, 6.45) is 4.19. The molecule has 0 spiro atoms. The molecule has 0 aliphatic carbocycles. The van der Waals surface area contributed by atoms with Crippen LogP contribution in [-0.2, 0) is 11.3 Å². The van der Waals surface area contributed by atoms with Gasteiger partial charge in [0, 0.05) is 12.0 Å². The second-order valence-corrected chi connectivity index (χ2v) is 7.33. The minimum atomic E-state index is -0.454. The van der Waals surface area contributed by atoms with Crippen molar-refractivity contribution < 1.29 is 14.0 Å². The van der Waals surface area contributed by atoms with E-state index in [1.165, 1.54) is 11.1 Å². The van der Waals surface area contributed by atoms with Gasteiger partial charge in [-0.1, -0.05) is 35.9 Å². The van der Waals surface area contributed by atoms with Crippen molar-refractivity contribution in [3.8, 4) is 0 Å². The third-order valence-electron chi connectivity index (χ3n) is 4.06. The molecule has 0 aromatic heterocycles. The zero-order chi connectivity index (χ0) is 16.2. The van der Waals surface area contributed by atoms with Crippen LogP contribution in [0.5, 0.6) is 0 Å². The Labute approximate surface area is 134 Å². The van der Waals surface area contributed by atoms with Gasteiger partial charge in [-0.25, -0.2) is 4.48 Å². The topological polar surface area (TPSA) is 26.3 Å². The summed E-state index contributed by atoms with van der Waals surface area (Å²) < 4.78 is 6.11. The zero-order valence-corrected chi connectivity index (χ0v) is 14.3. The Kier molecular flexibility index (Phi) is 5.07. The molecule has 1 atom stereocenters. The Balaban J connectivity index is 2.29. The highest BCUT2D eigenvalue weighted by molar-refractivity contribution is 5.60. The molecule has 3 nitrogen and oxygen atoms in total. The van der Waals surface area contributed by atoms with E-state index in [1.807, 2.05) is 39.0 Å². The largest absolute Gasteiger partial charge is 0.517 e. The number of carbonyl (C=O) groups is 1. The maximum Gasteiger partial charge on any atom is 0.517 e. The van der Waals surface area contributed by atoms with Crippen LogP contribution in [0.2, 0.25) is 0 Å². The van der Waals surface area contributed by atoms with Crippen LogP contribution < -0.4 is 0 Å². The summed E-state index contributed by atoms with van der Waals surface area (Å²) in [5.41, 5.74) is 2.10. The quantitative estimate of drug-likeness (QED) is 0.586. The number of allylic oxidation sites excluding steroid dienone is 1. The molecule has 1 aromatic carbocycles. The van der Waals surface area contributed by atoms with Crippen molar-refractivity contribution in [1.29, 1.82) is 0 Å². The highest BCUT2D eigenvalue weighted by Gasteiger charge is 2.40. The standard InChI is InChI=1S/C19H28NO2/c1-16-9-8-13-20(14-12-16,18(21)22-19(2,3)4)15-17-10-6-5-7-11-17/h5-7,10-12H,8-9,13-15H2,1-4H3/q+1. The van der Waals surface area contributed by atoms with Gasteiger partial charge in [0.2, 0.25) is 0 Å². The first-order chi connectivity index (χ1) is 10.3. The van der Waals surface area contributed by atoms with Gasteiger partial charge in [0.05, 0.1) is 6.54 Å². The van der Waals surface area contributed by atoms with Gasteiger partial charge >= 0.3 is 6.09 Å². The molecule has 0 bridgehead atoms. The summed E-state index contributed by atoms with van der Waals surface area (Å²) in [5.74, 6) is 0. The Bertz CT molecular complexity index is 542. The lowest BCUT2D eigenvalue weighted by molar-refractivity contribution is -0.866. The van der Waals surface area contributed by atoms with Crippen LogP contribution in [-0.4, -0.2) is 29.3 Å². The van der Waals surface area contributed by atoms with E-state index in [-0.39, 0.29) is 6.09 Å². The maximum atomic E-state index is 12.9. The van der Waals surface area contributed by atoms with Gasteiger partial charge in [-0.15, -0.1) is 0 Å². The Hall–Kier alpha value is -1.61. The Morgan fingerprint density at radius 2 is 1.91 bits per heavy atom. The summed E-state index contributed by atoms with van der Waals surface area (Å²) in [6.45, 7) is 10.2. The van der Waals surface area contributed by atoms with E-state index < -0.39 is 5.60 Å². The molecule has 0 saturated carbocycles. The van der Waals surface area contributed by atoms with Gasteiger partial charge in [-0.3, -0.25) is 0 Å². The van der Waals surface area contributed by atoms with E-state index in [0.717, 1.165) is 25.9 Å². The predicted octanol–water partition coefficient (Wildman–Crippen LogP) is 4.68. The number of rotatable bonds is 2. The highest BCUT2D eigenvalue weighted by atomic mass is 16.6. The van der Waals surface area contributed by atoms with Gasteiger partial charge in [0.25, 0.3) is 0 Å². The number of hydrogen-bond donors (Lipinski definition) is 0. The smallest absolute Gasteiger partial charge is 0.414 e. The van der Waals surface area contributed by atoms with Crippen molar-refractivity contribution in [2.75, 3.05) is 13.1 Å². The lowest BCUT2D eigenvalue weighted by Crippen LogP contribution is -2.54. The van der Waals surface area contributed by atoms with Crippen LogP contribution in [0.4, 0.5) is 4.79 Å². The number of amides is 1. The number of quaternary nitrogens is 1. The molecule has 1 aromatic rings. The van der Waals surface area contributed by atoms with Crippen molar-refractivity contribution in [2.45, 2.75) is 52.7 Å². The summed E-state index contributed by atoms with van der Waals surface area (Å²) in [7, 11) is 0. The summed E-state index contributed by atoms with van der Waals surface area (Å²) in [6, 6.07) is 10.2. The fourth-order valence-corrected chi connectivity index (χ4v) is 2.85. The number of nitrogens with zero attached hydrogens (tertiary/aromatic N) is 1. The first-order valence-corrected chi connectivity index (χ1v) is 8.10. The molecule has 0 fully saturated rings. The summed E-state index contributed by atoms with van der Waals surface area (Å²) >= 11 is 0. The molecule has 22 heavy (non-hydrogen) atoms. The van der Waals surface area contributed by atoms with Gasteiger partial charge in [-0.2, -0.15) is 4.79 Å². The van der Waals surface area contributed by atoms with Crippen molar-refractivity contribution in [2.24, 2.45) is 0 Å².